The molecule has 2 aromatic rings. The van der Waals surface area contributed by atoms with Crippen LogP contribution in [0.5, 0.6) is 5.75 Å². The first kappa shape index (κ1) is 16.5. The van der Waals surface area contributed by atoms with Crippen LogP contribution in [0.1, 0.15) is 21.7 Å². The molecule has 5 nitrogen and oxygen atoms in total. The van der Waals surface area contributed by atoms with E-state index >= 15 is 0 Å². The van der Waals surface area contributed by atoms with Gasteiger partial charge in [0.05, 0.1) is 15.8 Å². The van der Waals surface area contributed by atoms with E-state index in [2.05, 4.69) is 26.8 Å². The van der Waals surface area contributed by atoms with Gasteiger partial charge in [-0.15, -0.1) is 11.3 Å². The zero-order valence-electron chi connectivity index (χ0n) is 11.9. The molecule has 7 heteroatoms. The van der Waals surface area contributed by atoms with Gasteiger partial charge in [0.2, 0.25) is 5.91 Å². The van der Waals surface area contributed by atoms with Crippen LogP contribution in [-0.4, -0.2) is 18.9 Å². The summed E-state index contributed by atoms with van der Waals surface area (Å²) in [6.07, 6.45) is 0.797. The third-order valence-electron chi connectivity index (χ3n) is 2.93. The van der Waals surface area contributed by atoms with Crippen LogP contribution in [0, 0.1) is 0 Å². The summed E-state index contributed by atoms with van der Waals surface area (Å²) in [5, 5.41) is 0. The van der Waals surface area contributed by atoms with Gasteiger partial charge in [-0.25, -0.2) is 0 Å². The van der Waals surface area contributed by atoms with Gasteiger partial charge in [0.25, 0.3) is 5.91 Å². The number of hydrogen-bond acceptors (Lipinski definition) is 4. The molecule has 1 aromatic carbocycles. The van der Waals surface area contributed by atoms with Crippen molar-refractivity contribution in [1.82, 2.24) is 10.9 Å². The molecule has 2 rings (SSSR count). The number of halogens is 1. The van der Waals surface area contributed by atoms with Gasteiger partial charge >= 0.3 is 0 Å². The Morgan fingerprint density at radius 2 is 1.95 bits per heavy atom. The summed E-state index contributed by atoms with van der Waals surface area (Å²) < 4.78 is 6.09. The van der Waals surface area contributed by atoms with Gasteiger partial charge in [0.15, 0.2) is 0 Å². The molecule has 2 amide bonds. The third kappa shape index (κ3) is 4.57. The minimum atomic E-state index is -0.332. The standard InChI is InChI=1S/C15H15BrN2O3S/c1-21-11-5-3-2-4-10(11)6-9-14(19)17-18-15(20)12-7-8-13(16)22-12/h2-5,7-8H,6,9H2,1H3,(H,17,19)(H,18,20). The molecule has 0 aliphatic rings. The quantitative estimate of drug-likeness (QED) is 0.781. The number of thiophene rings is 1. The van der Waals surface area contributed by atoms with E-state index in [9.17, 15) is 9.59 Å². The van der Waals surface area contributed by atoms with Crippen molar-refractivity contribution in [2.24, 2.45) is 0 Å². The molecule has 0 aliphatic carbocycles. The average Bonchev–Trinajstić information content (AvgIpc) is 2.97. The summed E-state index contributed by atoms with van der Waals surface area (Å²) in [4.78, 5) is 24.1. The Hall–Kier alpha value is -1.86. The molecule has 1 aromatic heterocycles. The van der Waals surface area contributed by atoms with E-state index in [0.717, 1.165) is 15.1 Å². The maximum absolute atomic E-state index is 11.8. The van der Waals surface area contributed by atoms with E-state index < -0.39 is 0 Å². The summed E-state index contributed by atoms with van der Waals surface area (Å²) in [7, 11) is 1.60. The summed E-state index contributed by atoms with van der Waals surface area (Å²) in [5.74, 6) is 0.166. The summed E-state index contributed by atoms with van der Waals surface area (Å²) in [5.41, 5.74) is 5.76. The van der Waals surface area contributed by atoms with Crippen LogP contribution in [-0.2, 0) is 11.2 Å². The SMILES string of the molecule is COc1ccccc1CCC(=O)NNC(=O)c1ccc(Br)s1. The molecule has 0 atom stereocenters. The van der Waals surface area contributed by atoms with Crippen molar-refractivity contribution in [3.05, 3.63) is 50.6 Å². The number of para-hydroxylation sites is 1. The van der Waals surface area contributed by atoms with E-state index in [-0.39, 0.29) is 18.2 Å². The highest BCUT2D eigenvalue weighted by Crippen LogP contribution is 2.21. The maximum Gasteiger partial charge on any atom is 0.279 e. The fraction of sp³-hybridized carbons (Fsp3) is 0.200. The smallest absolute Gasteiger partial charge is 0.279 e. The predicted octanol–water partition coefficient (Wildman–Crippen LogP) is 2.91. The number of hydrogen-bond donors (Lipinski definition) is 2. The number of aryl methyl sites for hydroxylation is 1. The van der Waals surface area contributed by atoms with Gasteiger partial charge in [-0.1, -0.05) is 18.2 Å². The first-order chi connectivity index (χ1) is 10.6. The predicted molar refractivity (Wildman–Crippen MR) is 88.9 cm³/mol. The van der Waals surface area contributed by atoms with Crippen molar-refractivity contribution < 1.29 is 14.3 Å². The number of carbonyl (C=O) groups excluding carboxylic acids is 2. The molecule has 0 bridgehead atoms. The van der Waals surface area contributed by atoms with E-state index in [1.165, 1.54) is 11.3 Å². The second-order valence-electron chi connectivity index (χ2n) is 4.42. The first-order valence-electron chi connectivity index (χ1n) is 6.56. The zero-order chi connectivity index (χ0) is 15.9. The highest BCUT2D eigenvalue weighted by molar-refractivity contribution is 9.11. The lowest BCUT2D eigenvalue weighted by molar-refractivity contribution is -0.121. The van der Waals surface area contributed by atoms with Gasteiger partial charge in [0.1, 0.15) is 5.75 Å². The van der Waals surface area contributed by atoms with E-state index in [0.29, 0.717) is 11.3 Å². The molecule has 0 saturated heterocycles. The third-order valence-corrected chi connectivity index (χ3v) is 4.55. The number of amides is 2. The molecule has 1 heterocycles. The van der Waals surface area contributed by atoms with Gasteiger partial charge in [-0.05, 0) is 46.1 Å². The van der Waals surface area contributed by atoms with Crippen molar-refractivity contribution >= 4 is 39.1 Å². The number of ether oxygens (including phenoxy) is 1. The minimum absolute atomic E-state index is 0.255. The number of benzene rings is 1. The Morgan fingerprint density at radius 3 is 2.64 bits per heavy atom. The molecule has 0 fully saturated rings. The average molecular weight is 383 g/mol. The maximum atomic E-state index is 11.8. The fourth-order valence-corrected chi connectivity index (χ4v) is 3.13. The van der Waals surface area contributed by atoms with Crippen molar-refractivity contribution in [3.8, 4) is 5.75 Å². The summed E-state index contributed by atoms with van der Waals surface area (Å²) >= 11 is 4.58. The van der Waals surface area contributed by atoms with E-state index in [1.807, 2.05) is 24.3 Å². The van der Waals surface area contributed by atoms with Crippen molar-refractivity contribution in [1.29, 1.82) is 0 Å². The number of hydrazine groups is 1. The molecule has 0 spiro atoms. The molecule has 116 valence electrons. The van der Waals surface area contributed by atoms with Gasteiger partial charge in [0, 0.05) is 6.42 Å². The second-order valence-corrected chi connectivity index (χ2v) is 6.88. The Morgan fingerprint density at radius 1 is 1.18 bits per heavy atom. The van der Waals surface area contributed by atoms with Crippen molar-refractivity contribution in [3.63, 3.8) is 0 Å². The first-order valence-corrected chi connectivity index (χ1v) is 8.17. The largest absolute Gasteiger partial charge is 0.496 e. The molecule has 0 radical (unpaired) electrons. The number of carbonyl (C=O) groups is 2. The lowest BCUT2D eigenvalue weighted by Crippen LogP contribution is -2.41. The summed E-state index contributed by atoms with van der Waals surface area (Å²) in [6.45, 7) is 0. The molecular weight excluding hydrogens is 368 g/mol. The molecule has 0 unspecified atom stereocenters. The van der Waals surface area contributed by atoms with E-state index in [4.69, 9.17) is 4.74 Å². The second kappa shape index (κ2) is 7.95. The lowest BCUT2D eigenvalue weighted by Gasteiger charge is -2.09. The van der Waals surface area contributed by atoms with Crippen molar-refractivity contribution in [2.75, 3.05) is 7.11 Å². The number of rotatable bonds is 5. The molecule has 22 heavy (non-hydrogen) atoms. The van der Waals surface area contributed by atoms with Crippen LogP contribution < -0.4 is 15.6 Å². The molecule has 0 aliphatic heterocycles. The summed E-state index contributed by atoms with van der Waals surface area (Å²) in [6, 6.07) is 11.0. The highest BCUT2D eigenvalue weighted by atomic mass is 79.9. The molecular formula is C15H15BrN2O3S. The zero-order valence-corrected chi connectivity index (χ0v) is 14.3. The van der Waals surface area contributed by atoms with E-state index in [1.54, 1.807) is 19.2 Å². The Bertz CT molecular complexity index is 672. The van der Waals surface area contributed by atoms with Crippen molar-refractivity contribution in [2.45, 2.75) is 12.8 Å². The molecule has 0 saturated carbocycles. The van der Waals surface area contributed by atoms with Crippen LogP contribution in [0.3, 0.4) is 0 Å². The van der Waals surface area contributed by atoms with Crippen LogP contribution in [0.4, 0.5) is 0 Å². The Balaban J connectivity index is 1.80. The monoisotopic (exact) mass is 382 g/mol. The van der Waals surface area contributed by atoms with Gasteiger partial charge < -0.3 is 4.74 Å². The number of methoxy groups -OCH3 is 1. The van der Waals surface area contributed by atoms with Crippen LogP contribution in [0.2, 0.25) is 0 Å². The Labute approximate surface area is 140 Å². The van der Waals surface area contributed by atoms with Gasteiger partial charge in [-0.3, -0.25) is 20.4 Å². The fourth-order valence-electron chi connectivity index (χ4n) is 1.84. The lowest BCUT2D eigenvalue weighted by atomic mass is 10.1. The normalized spacial score (nSPS) is 10.1. The van der Waals surface area contributed by atoms with Crippen LogP contribution in [0.15, 0.2) is 40.2 Å². The molecule has 2 N–H and O–H groups in total. The highest BCUT2D eigenvalue weighted by Gasteiger charge is 2.10. The van der Waals surface area contributed by atoms with Gasteiger partial charge in [-0.2, -0.15) is 0 Å². The van der Waals surface area contributed by atoms with Crippen LogP contribution in [0.25, 0.3) is 0 Å². The van der Waals surface area contributed by atoms with Crippen LogP contribution >= 0.6 is 27.3 Å². The minimum Gasteiger partial charge on any atom is -0.496 e. The number of nitrogens with one attached hydrogen (secondary N) is 2. The Kier molecular flexibility index (Phi) is 5.97. The topological polar surface area (TPSA) is 67.4 Å².